The molecule has 4 rings (SSSR count). The van der Waals surface area contributed by atoms with E-state index in [1.807, 2.05) is 4.90 Å². The molecule has 0 bridgehead atoms. The lowest BCUT2D eigenvalue weighted by atomic mass is 9.82. The minimum absolute atomic E-state index is 0.115. The van der Waals surface area contributed by atoms with Gasteiger partial charge in [0.05, 0.1) is 18.0 Å². The SMILES string of the molecule is O=C(c1cccc(F)c1-n1nccn1)N1C[C@H]2CCNC[C@H]21. The summed E-state index contributed by atoms with van der Waals surface area (Å²) >= 11 is 0. The number of hydrogen-bond donors (Lipinski definition) is 1. The van der Waals surface area contributed by atoms with Gasteiger partial charge in [0.25, 0.3) is 5.91 Å². The van der Waals surface area contributed by atoms with Crippen LogP contribution in [0.25, 0.3) is 5.69 Å². The van der Waals surface area contributed by atoms with Crippen molar-refractivity contribution in [1.82, 2.24) is 25.2 Å². The minimum atomic E-state index is -0.499. The van der Waals surface area contributed by atoms with Crippen molar-refractivity contribution in [2.24, 2.45) is 5.92 Å². The van der Waals surface area contributed by atoms with Gasteiger partial charge < -0.3 is 10.2 Å². The van der Waals surface area contributed by atoms with Crippen molar-refractivity contribution in [3.05, 3.63) is 42.0 Å². The zero-order chi connectivity index (χ0) is 15.1. The normalized spacial score (nSPS) is 23.8. The molecular formula is C15H16FN5O. The number of rotatable bonds is 2. The van der Waals surface area contributed by atoms with Gasteiger partial charge in [-0.3, -0.25) is 4.79 Å². The van der Waals surface area contributed by atoms with E-state index in [0.29, 0.717) is 11.5 Å². The van der Waals surface area contributed by atoms with Crippen LogP contribution in [0.2, 0.25) is 0 Å². The molecule has 2 saturated heterocycles. The van der Waals surface area contributed by atoms with Gasteiger partial charge in [0.1, 0.15) is 5.69 Å². The number of para-hydroxylation sites is 1. The van der Waals surface area contributed by atoms with Crippen LogP contribution in [0.1, 0.15) is 16.8 Å². The second-order valence-electron chi connectivity index (χ2n) is 5.73. The first-order chi connectivity index (χ1) is 10.8. The number of nitrogens with one attached hydrogen (secondary N) is 1. The number of piperidine rings is 1. The average Bonchev–Trinajstić information content (AvgIpc) is 3.02. The van der Waals surface area contributed by atoms with Crippen molar-refractivity contribution in [1.29, 1.82) is 0 Å². The molecule has 6 nitrogen and oxygen atoms in total. The topological polar surface area (TPSA) is 63.1 Å². The van der Waals surface area contributed by atoms with Gasteiger partial charge >= 0.3 is 0 Å². The number of carbonyl (C=O) groups excluding carboxylic acids is 1. The summed E-state index contributed by atoms with van der Waals surface area (Å²) in [5.41, 5.74) is 0.421. The summed E-state index contributed by atoms with van der Waals surface area (Å²) in [6, 6.07) is 4.71. The van der Waals surface area contributed by atoms with E-state index in [-0.39, 0.29) is 17.6 Å². The highest BCUT2D eigenvalue weighted by molar-refractivity contribution is 5.98. The van der Waals surface area contributed by atoms with Crippen LogP contribution in [0.15, 0.2) is 30.6 Å². The summed E-state index contributed by atoms with van der Waals surface area (Å²) in [5.74, 6) is -0.0947. The van der Waals surface area contributed by atoms with Crippen LogP contribution in [-0.2, 0) is 0 Å². The Hall–Kier alpha value is -2.28. The molecule has 2 aliphatic rings. The standard InChI is InChI=1S/C15H16FN5O/c16-12-3-1-2-11(14(12)21-18-6-7-19-21)15(22)20-9-10-4-5-17-8-13(10)20/h1-3,6-7,10,13,17H,4-5,8-9H2/t10-,13-/m1/s1. The zero-order valence-electron chi connectivity index (χ0n) is 11.9. The van der Waals surface area contributed by atoms with Crippen LogP contribution in [0.5, 0.6) is 0 Å². The van der Waals surface area contributed by atoms with E-state index >= 15 is 0 Å². The fourth-order valence-corrected chi connectivity index (χ4v) is 3.33. The van der Waals surface area contributed by atoms with Gasteiger partial charge in [0.15, 0.2) is 5.82 Å². The van der Waals surface area contributed by atoms with Crippen LogP contribution in [0.4, 0.5) is 4.39 Å². The number of nitrogens with zero attached hydrogens (tertiary/aromatic N) is 4. The molecule has 0 radical (unpaired) electrons. The molecule has 0 unspecified atom stereocenters. The van der Waals surface area contributed by atoms with Crippen LogP contribution in [0, 0.1) is 11.7 Å². The van der Waals surface area contributed by atoms with Gasteiger partial charge in [-0.1, -0.05) is 6.07 Å². The molecule has 1 N–H and O–H groups in total. The summed E-state index contributed by atoms with van der Waals surface area (Å²) in [5, 5.41) is 11.2. The van der Waals surface area contributed by atoms with E-state index in [0.717, 1.165) is 26.1 Å². The molecule has 2 atom stereocenters. The lowest BCUT2D eigenvalue weighted by molar-refractivity contribution is 0.00275. The number of benzene rings is 1. The van der Waals surface area contributed by atoms with E-state index in [1.165, 1.54) is 23.3 Å². The summed E-state index contributed by atoms with van der Waals surface area (Å²) in [7, 11) is 0. The number of amides is 1. The molecule has 3 heterocycles. The summed E-state index contributed by atoms with van der Waals surface area (Å²) in [4.78, 5) is 15.8. The van der Waals surface area contributed by atoms with Crippen LogP contribution >= 0.6 is 0 Å². The van der Waals surface area contributed by atoms with Crippen molar-refractivity contribution in [2.45, 2.75) is 12.5 Å². The average molecular weight is 301 g/mol. The third-order valence-electron chi connectivity index (χ3n) is 4.52. The largest absolute Gasteiger partial charge is 0.334 e. The molecule has 2 fully saturated rings. The molecule has 22 heavy (non-hydrogen) atoms. The van der Waals surface area contributed by atoms with E-state index in [4.69, 9.17) is 0 Å². The Labute approximate surface area is 126 Å². The summed E-state index contributed by atoms with van der Waals surface area (Å²) in [6.07, 6.45) is 4.02. The molecule has 0 saturated carbocycles. The van der Waals surface area contributed by atoms with Crippen molar-refractivity contribution in [3.63, 3.8) is 0 Å². The Morgan fingerprint density at radius 3 is 2.91 bits per heavy atom. The molecule has 2 aliphatic heterocycles. The Morgan fingerprint density at radius 1 is 1.32 bits per heavy atom. The Balaban J connectivity index is 1.68. The lowest BCUT2D eigenvalue weighted by Crippen LogP contribution is -2.65. The summed E-state index contributed by atoms with van der Waals surface area (Å²) < 4.78 is 14.2. The zero-order valence-corrected chi connectivity index (χ0v) is 11.9. The third-order valence-corrected chi connectivity index (χ3v) is 4.52. The lowest BCUT2D eigenvalue weighted by Gasteiger charge is -2.51. The predicted molar refractivity (Wildman–Crippen MR) is 77.1 cm³/mol. The molecule has 1 aromatic carbocycles. The molecule has 114 valence electrons. The molecule has 0 spiro atoms. The van der Waals surface area contributed by atoms with Gasteiger partial charge in [-0.25, -0.2) is 4.39 Å². The Bertz CT molecular complexity index is 702. The Kier molecular flexibility index (Phi) is 3.15. The van der Waals surface area contributed by atoms with Crippen molar-refractivity contribution in [2.75, 3.05) is 19.6 Å². The number of hydrogen-bond acceptors (Lipinski definition) is 4. The van der Waals surface area contributed by atoms with Crippen molar-refractivity contribution >= 4 is 5.91 Å². The Morgan fingerprint density at radius 2 is 2.14 bits per heavy atom. The van der Waals surface area contributed by atoms with Crippen molar-refractivity contribution in [3.8, 4) is 5.69 Å². The monoisotopic (exact) mass is 301 g/mol. The van der Waals surface area contributed by atoms with Gasteiger partial charge in [0.2, 0.25) is 0 Å². The second kappa shape index (κ2) is 5.17. The highest BCUT2D eigenvalue weighted by atomic mass is 19.1. The smallest absolute Gasteiger partial charge is 0.256 e. The molecule has 7 heteroatoms. The highest BCUT2D eigenvalue weighted by Crippen LogP contribution is 2.32. The number of aromatic nitrogens is 3. The number of carbonyl (C=O) groups is 1. The van der Waals surface area contributed by atoms with E-state index in [9.17, 15) is 9.18 Å². The van der Waals surface area contributed by atoms with Crippen molar-refractivity contribution < 1.29 is 9.18 Å². The number of fused-ring (bicyclic) bond motifs is 1. The first kappa shape index (κ1) is 13.4. The maximum Gasteiger partial charge on any atom is 0.256 e. The number of halogens is 1. The van der Waals surface area contributed by atoms with E-state index < -0.39 is 5.82 Å². The molecule has 1 amide bonds. The second-order valence-corrected chi connectivity index (χ2v) is 5.73. The van der Waals surface area contributed by atoms with Gasteiger partial charge in [-0.2, -0.15) is 10.2 Å². The van der Waals surface area contributed by atoms with Crippen LogP contribution < -0.4 is 5.32 Å². The van der Waals surface area contributed by atoms with Crippen LogP contribution in [-0.4, -0.2) is 51.5 Å². The molecule has 1 aromatic heterocycles. The fraction of sp³-hybridized carbons (Fsp3) is 0.400. The summed E-state index contributed by atoms with van der Waals surface area (Å²) in [6.45, 7) is 2.56. The fourth-order valence-electron chi connectivity index (χ4n) is 3.33. The first-order valence-corrected chi connectivity index (χ1v) is 7.42. The quantitative estimate of drug-likeness (QED) is 0.893. The molecular weight excluding hydrogens is 285 g/mol. The van der Waals surface area contributed by atoms with Crippen LogP contribution in [0.3, 0.4) is 0 Å². The molecule has 2 aromatic rings. The molecule has 0 aliphatic carbocycles. The maximum atomic E-state index is 14.2. The van der Waals surface area contributed by atoms with Gasteiger partial charge in [-0.15, -0.1) is 4.80 Å². The predicted octanol–water partition coefficient (Wildman–Crippen LogP) is 0.840. The maximum absolute atomic E-state index is 14.2. The van der Waals surface area contributed by atoms with Gasteiger partial charge in [-0.05, 0) is 31.0 Å². The first-order valence-electron chi connectivity index (χ1n) is 7.42. The van der Waals surface area contributed by atoms with Gasteiger partial charge in [0, 0.05) is 19.1 Å². The van der Waals surface area contributed by atoms with E-state index in [2.05, 4.69) is 15.5 Å². The third kappa shape index (κ3) is 2.00. The van der Waals surface area contributed by atoms with E-state index in [1.54, 1.807) is 12.1 Å². The number of likely N-dealkylation sites (tertiary alicyclic amines) is 1. The minimum Gasteiger partial charge on any atom is -0.334 e. The highest BCUT2D eigenvalue weighted by Gasteiger charge is 2.43.